The summed E-state index contributed by atoms with van der Waals surface area (Å²) in [6.07, 6.45) is 0.652. The van der Waals surface area contributed by atoms with Crippen LogP contribution in [0.2, 0.25) is 0 Å². The van der Waals surface area contributed by atoms with Crippen LogP contribution in [-0.4, -0.2) is 29.2 Å². The highest BCUT2D eigenvalue weighted by atomic mass is 16.3. The van der Waals surface area contributed by atoms with Gasteiger partial charge in [0.25, 0.3) is 5.91 Å². The summed E-state index contributed by atoms with van der Waals surface area (Å²) in [5.41, 5.74) is 0.532. The lowest BCUT2D eigenvalue weighted by Gasteiger charge is -2.26. The van der Waals surface area contributed by atoms with Crippen molar-refractivity contribution in [1.82, 2.24) is 5.32 Å². The molecule has 0 heterocycles. The van der Waals surface area contributed by atoms with Crippen LogP contribution in [0.15, 0.2) is 24.3 Å². The standard InChI is InChI=1S/C17H28N2O2/c1-12(2)10-17(5,21)11-18-16(20)14-8-6-7-9-15(14)19-13(3)4/h6-9,12-13,19,21H,10-11H2,1-5H3,(H,18,20). The van der Waals surface area contributed by atoms with Gasteiger partial charge >= 0.3 is 0 Å². The maximum absolute atomic E-state index is 12.3. The molecule has 0 spiro atoms. The number of carbonyl (C=O) groups excluding carboxylic acids is 1. The minimum absolute atomic E-state index is 0.164. The summed E-state index contributed by atoms with van der Waals surface area (Å²) in [4.78, 5) is 12.3. The first-order chi connectivity index (χ1) is 9.71. The van der Waals surface area contributed by atoms with Gasteiger partial charge in [0, 0.05) is 18.3 Å². The van der Waals surface area contributed by atoms with Gasteiger partial charge < -0.3 is 15.7 Å². The van der Waals surface area contributed by atoms with Crippen molar-refractivity contribution in [2.24, 2.45) is 5.92 Å². The molecule has 0 aliphatic carbocycles. The molecule has 1 aromatic rings. The fraction of sp³-hybridized carbons (Fsp3) is 0.588. The summed E-state index contributed by atoms with van der Waals surface area (Å²) < 4.78 is 0. The normalized spacial score (nSPS) is 14.1. The predicted octanol–water partition coefficient (Wildman–Crippen LogP) is 3.03. The van der Waals surface area contributed by atoms with Gasteiger partial charge in [0.2, 0.25) is 0 Å². The van der Waals surface area contributed by atoms with E-state index in [0.717, 1.165) is 5.69 Å². The Hall–Kier alpha value is -1.55. The zero-order chi connectivity index (χ0) is 16.0. The number of para-hydroxylation sites is 1. The zero-order valence-electron chi connectivity index (χ0n) is 13.7. The molecule has 0 fully saturated rings. The molecule has 0 aliphatic heterocycles. The lowest BCUT2D eigenvalue weighted by molar-refractivity contribution is 0.0368. The van der Waals surface area contributed by atoms with E-state index in [1.165, 1.54) is 0 Å². The SMILES string of the molecule is CC(C)CC(C)(O)CNC(=O)c1ccccc1NC(C)C. The number of rotatable bonds is 7. The van der Waals surface area contributed by atoms with Crippen molar-refractivity contribution in [2.75, 3.05) is 11.9 Å². The molecule has 118 valence electrons. The van der Waals surface area contributed by atoms with Gasteiger partial charge in [-0.2, -0.15) is 0 Å². The summed E-state index contributed by atoms with van der Waals surface area (Å²) >= 11 is 0. The third-order valence-corrected chi connectivity index (χ3v) is 3.09. The van der Waals surface area contributed by atoms with Gasteiger partial charge in [-0.3, -0.25) is 4.79 Å². The van der Waals surface area contributed by atoms with Gasteiger partial charge in [-0.1, -0.05) is 26.0 Å². The Morgan fingerprint density at radius 1 is 1.24 bits per heavy atom. The predicted molar refractivity (Wildman–Crippen MR) is 87.6 cm³/mol. The second-order valence-corrected chi connectivity index (χ2v) is 6.62. The largest absolute Gasteiger partial charge is 0.388 e. The molecule has 1 aromatic carbocycles. The summed E-state index contributed by atoms with van der Waals surface area (Å²) in [6.45, 7) is 10.2. The maximum Gasteiger partial charge on any atom is 0.253 e. The molecule has 1 atom stereocenters. The van der Waals surface area contributed by atoms with Gasteiger partial charge in [-0.05, 0) is 45.2 Å². The first-order valence-corrected chi connectivity index (χ1v) is 7.57. The first-order valence-electron chi connectivity index (χ1n) is 7.57. The molecule has 0 saturated carbocycles. The van der Waals surface area contributed by atoms with Crippen molar-refractivity contribution in [3.8, 4) is 0 Å². The number of hydrogen-bond acceptors (Lipinski definition) is 3. The van der Waals surface area contributed by atoms with E-state index in [-0.39, 0.29) is 18.5 Å². The van der Waals surface area contributed by atoms with Crippen molar-refractivity contribution in [2.45, 2.75) is 52.7 Å². The van der Waals surface area contributed by atoms with Crippen LogP contribution in [0.4, 0.5) is 5.69 Å². The molecule has 21 heavy (non-hydrogen) atoms. The molecule has 3 N–H and O–H groups in total. The van der Waals surface area contributed by atoms with E-state index in [1.54, 1.807) is 13.0 Å². The quantitative estimate of drug-likeness (QED) is 0.724. The van der Waals surface area contributed by atoms with Crippen LogP contribution >= 0.6 is 0 Å². The number of carbonyl (C=O) groups is 1. The lowest BCUT2D eigenvalue weighted by atomic mass is 9.94. The lowest BCUT2D eigenvalue weighted by Crippen LogP contribution is -2.41. The van der Waals surface area contributed by atoms with Gasteiger partial charge in [0.05, 0.1) is 11.2 Å². The van der Waals surface area contributed by atoms with Crippen LogP contribution in [-0.2, 0) is 0 Å². The van der Waals surface area contributed by atoms with E-state index >= 15 is 0 Å². The molecule has 1 amide bonds. The number of amides is 1. The molecule has 4 heteroatoms. The molecule has 0 aromatic heterocycles. The molecule has 0 aliphatic rings. The molecule has 4 nitrogen and oxygen atoms in total. The summed E-state index contributed by atoms with van der Waals surface area (Å²) in [5, 5.41) is 16.4. The van der Waals surface area contributed by atoms with Crippen LogP contribution in [0, 0.1) is 5.92 Å². The van der Waals surface area contributed by atoms with E-state index < -0.39 is 5.60 Å². The average molecular weight is 292 g/mol. The topological polar surface area (TPSA) is 61.4 Å². The Balaban J connectivity index is 2.72. The number of hydrogen-bond donors (Lipinski definition) is 3. The smallest absolute Gasteiger partial charge is 0.253 e. The second kappa shape index (κ2) is 7.46. The highest BCUT2D eigenvalue weighted by molar-refractivity contribution is 5.99. The Morgan fingerprint density at radius 2 is 1.86 bits per heavy atom. The van der Waals surface area contributed by atoms with Gasteiger partial charge in [0.1, 0.15) is 0 Å². The molecule has 0 saturated heterocycles. The molecule has 1 unspecified atom stereocenters. The molecule has 1 rings (SSSR count). The molecule has 0 bridgehead atoms. The Labute approximate surface area is 128 Å². The maximum atomic E-state index is 12.3. The molecule has 0 radical (unpaired) electrons. The zero-order valence-corrected chi connectivity index (χ0v) is 13.7. The number of anilines is 1. The number of benzene rings is 1. The van der Waals surface area contributed by atoms with E-state index in [1.807, 2.05) is 32.0 Å². The van der Waals surface area contributed by atoms with Crippen molar-refractivity contribution in [3.63, 3.8) is 0 Å². The highest BCUT2D eigenvalue weighted by Crippen LogP contribution is 2.18. The van der Waals surface area contributed by atoms with Crippen molar-refractivity contribution >= 4 is 11.6 Å². The van der Waals surface area contributed by atoms with E-state index in [4.69, 9.17) is 0 Å². The monoisotopic (exact) mass is 292 g/mol. The Kier molecular flexibility index (Phi) is 6.21. The van der Waals surface area contributed by atoms with Crippen LogP contribution < -0.4 is 10.6 Å². The summed E-state index contributed by atoms with van der Waals surface area (Å²) in [6, 6.07) is 7.67. The average Bonchev–Trinajstić information content (AvgIpc) is 2.34. The molecular weight excluding hydrogens is 264 g/mol. The third kappa shape index (κ3) is 6.17. The van der Waals surface area contributed by atoms with Crippen LogP contribution in [0.1, 0.15) is 51.4 Å². The summed E-state index contributed by atoms with van der Waals surface area (Å²) in [7, 11) is 0. The summed E-state index contributed by atoms with van der Waals surface area (Å²) in [5.74, 6) is 0.217. The van der Waals surface area contributed by atoms with E-state index in [0.29, 0.717) is 17.9 Å². The van der Waals surface area contributed by atoms with Crippen molar-refractivity contribution in [1.29, 1.82) is 0 Å². The van der Waals surface area contributed by atoms with Gasteiger partial charge in [-0.15, -0.1) is 0 Å². The second-order valence-electron chi connectivity index (χ2n) is 6.62. The number of aliphatic hydroxyl groups is 1. The third-order valence-electron chi connectivity index (χ3n) is 3.09. The Bertz CT molecular complexity index is 468. The first kappa shape index (κ1) is 17.5. The molecular formula is C17H28N2O2. The Morgan fingerprint density at radius 3 is 2.43 bits per heavy atom. The van der Waals surface area contributed by atoms with E-state index in [2.05, 4.69) is 24.5 Å². The van der Waals surface area contributed by atoms with Crippen LogP contribution in [0.25, 0.3) is 0 Å². The highest BCUT2D eigenvalue weighted by Gasteiger charge is 2.23. The van der Waals surface area contributed by atoms with Crippen molar-refractivity contribution < 1.29 is 9.90 Å². The fourth-order valence-corrected chi connectivity index (χ4v) is 2.44. The van der Waals surface area contributed by atoms with Crippen LogP contribution in [0.3, 0.4) is 0 Å². The van der Waals surface area contributed by atoms with E-state index in [9.17, 15) is 9.90 Å². The van der Waals surface area contributed by atoms with Gasteiger partial charge in [0.15, 0.2) is 0 Å². The minimum Gasteiger partial charge on any atom is -0.388 e. The van der Waals surface area contributed by atoms with Gasteiger partial charge in [-0.25, -0.2) is 0 Å². The minimum atomic E-state index is -0.885. The number of nitrogens with one attached hydrogen (secondary N) is 2. The van der Waals surface area contributed by atoms with Crippen LogP contribution in [0.5, 0.6) is 0 Å². The fourth-order valence-electron chi connectivity index (χ4n) is 2.44. The van der Waals surface area contributed by atoms with Crippen molar-refractivity contribution in [3.05, 3.63) is 29.8 Å².